The van der Waals surface area contributed by atoms with Gasteiger partial charge in [-0.05, 0) is 12.8 Å². The summed E-state index contributed by atoms with van der Waals surface area (Å²) in [5.74, 6) is -0.272. The largest absolute Gasteiger partial charge is 0.394 e. The van der Waals surface area contributed by atoms with Crippen molar-refractivity contribution in [2.45, 2.75) is 405 Å². The first-order valence-electron chi connectivity index (χ1n) is 32.8. The van der Waals surface area contributed by atoms with E-state index in [0.29, 0.717) is 12.8 Å². The quantitative estimate of drug-likeness (QED) is 0.0457. The second-order valence-corrected chi connectivity index (χ2v) is 23.1. The van der Waals surface area contributed by atoms with Gasteiger partial charge in [-0.25, -0.2) is 0 Å². The van der Waals surface area contributed by atoms with Crippen molar-refractivity contribution in [2.24, 2.45) is 0 Å². The van der Waals surface area contributed by atoms with E-state index >= 15 is 0 Å². The molecule has 5 heteroatoms. The van der Waals surface area contributed by atoms with Crippen molar-refractivity contribution in [3.05, 3.63) is 0 Å². The average Bonchev–Trinajstić information content (AvgIpc) is 3.36. The molecular weight excluding hydrogens is 859 g/mol. The summed E-state index contributed by atoms with van der Waals surface area (Å²) in [6.45, 7) is 4.32. The van der Waals surface area contributed by atoms with Crippen LogP contribution in [0.25, 0.3) is 0 Å². The highest BCUT2D eigenvalue weighted by atomic mass is 16.3. The van der Waals surface area contributed by atoms with Gasteiger partial charge in [0.05, 0.1) is 31.3 Å². The van der Waals surface area contributed by atoms with E-state index in [1.54, 1.807) is 0 Å². The van der Waals surface area contributed by atoms with Crippen molar-refractivity contribution in [1.29, 1.82) is 0 Å². The Morgan fingerprint density at radius 1 is 0.300 bits per heavy atom. The van der Waals surface area contributed by atoms with Crippen LogP contribution in [-0.2, 0) is 4.79 Å². The standard InChI is InChI=1S/C65H131NO4/c1-3-5-7-9-11-13-15-17-19-21-23-25-27-28-29-30-31-32-33-34-35-36-37-38-40-42-44-46-48-50-52-54-56-58-62(68)60-65(70)66-63(61-67)64(69)59-57-55-53-51-49-47-45-43-41-39-26-24-22-20-18-16-14-12-10-8-6-4-2/h62-64,67-69H,3-61H2,1-2H3,(H,66,70). The van der Waals surface area contributed by atoms with Crippen LogP contribution in [0, 0.1) is 0 Å². The summed E-state index contributed by atoms with van der Waals surface area (Å²) in [7, 11) is 0. The third-order valence-corrected chi connectivity index (χ3v) is 15.9. The molecule has 0 spiro atoms. The van der Waals surface area contributed by atoms with Crippen LogP contribution in [-0.4, -0.2) is 46.1 Å². The molecule has 0 aliphatic heterocycles. The highest BCUT2D eigenvalue weighted by Gasteiger charge is 2.21. The van der Waals surface area contributed by atoms with Gasteiger partial charge < -0.3 is 20.6 Å². The molecule has 3 atom stereocenters. The summed E-state index contributed by atoms with van der Waals surface area (Å²) in [6.07, 6.45) is 75.9. The Labute approximate surface area is 440 Å². The van der Waals surface area contributed by atoms with Crippen LogP contribution >= 0.6 is 0 Å². The fourth-order valence-corrected chi connectivity index (χ4v) is 10.9. The molecule has 0 bridgehead atoms. The van der Waals surface area contributed by atoms with Crippen molar-refractivity contribution in [2.75, 3.05) is 6.61 Å². The van der Waals surface area contributed by atoms with E-state index in [9.17, 15) is 20.1 Å². The summed E-state index contributed by atoms with van der Waals surface area (Å²) < 4.78 is 0. The van der Waals surface area contributed by atoms with Crippen LogP contribution < -0.4 is 5.32 Å². The zero-order valence-electron chi connectivity index (χ0n) is 48.2. The Morgan fingerprint density at radius 2 is 0.486 bits per heavy atom. The van der Waals surface area contributed by atoms with Gasteiger partial charge in [-0.1, -0.05) is 367 Å². The maximum atomic E-state index is 12.6. The van der Waals surface area contributed by atoms with E-state index < -0.39 is 18.2 Å². The molecule has 0 rings (SSSR count). The van der Waals surface area contributed by atoms with Gasteiger partial charge in [0.25, 0.3) is 0 Å². The molecule has 0 saturated heterocycles. The van der Waals surface area contributed by atoms with Crippen molar-refractivity contribution in [1.82, 2.24) is 5.32 Å². The van der Waals surface area contributed by atoms with Gasteiger partial charge in [0.2, 0.25) is 5.91 Å². The van der Waals surface area contributed by atoms with Gasteiger partial charge in [0.1, 0.15) is 0 Å². The molecule has 3 unspecified atom stereocenters. The summed E-state index contributed by atoms with van der Waals surface area (Å²) in [6, 6.07) is -0.655. The van der Waals surface area contributed by atoms with E-state index in [-0.39, 0.29) is 18.9 Å². The van der Waals surface area contributed by atoms with Crippen LogP contribution in [0.3, 0.4) is 0 Å². The molecule has 1 amide bonds. The fourth-order valence-electron chi connectivity index (χ4n) is 10.9. The summed E-state index contributed by atoms with van der Waals surface area (Å²) >= 11 is 0. The predicted molar refractivity (Wildman–Crippen MR) is 310 cm³/mol. The Kier molecular flexibility index (Phi) is 60.3. The number of hydrogen-bond acceptors (Lipinski definition) is 4. The van der Waals surface area contributed by atoms with Gasteiger partial charge >= 0.3 is 0 Å². The van der Waals surface area contributed by atoms with Crippen LogP contribution in [0.5, 0.6) is 0 Å². The maximum Gasteiger partial charge on any atom is 0.222 e. The van der Waals surface area contributed by atoms with Crippen LogP contribution in [0.1, 0.15) is 386 Å². The monoisotopic (exact) mass is 990 g/mol. The summed E-state index contributed by atoms with van der Waals surface area (Å²) in [5, 5.41) is 33.8. The number of amides is 1. The lowest BCUT2D eigenvalue weighted by Gasteiger charge is -2.23. The SMILES string of the molecule is CCCCCCCCCCCCCCCCCCCCCCCCCCCCCCCCCCCC(O)CC(=O)NC(CO)C(O)CCCCCCCCCCCCCCCCCCCCCCCC. The average molecular weight is 991 g/mol. The number of nitrogens with one attached hydrogen (secondary N) is 1. The lowest BCUT2D eigenvalue weighted by atomic mass is 10.0. The molecule has 0 aromatic carbocycles. The minimum absolute atomic E-state index is 0.0439. The van der Waals surface area contributed by atoms with Gasteiger partial charge in [0, 0.05) is 0 Å². The number of aliphatic hydroxyl groups is 3. The Bertz CT molecular complexity index is 960. The molecule has 70 heavy (non-hydrogen) atoms. The molecule has 0 saturated carbocycles. The number of carbonyl (C=O) groups is 1. The number of hydrogen-bond donors (Lipinski definition) is 4. The molecule has 420 valence electrons. The first-order chi connectivity index (χ1) is 34.5. The molecule has 0 aliphatic carbocycles. The van der Waals surface area contributed by atoms with Crippen LogP contribution in [0.2, 0.25) is 0 Å². The molecule has 0 heterocycles. The van der Waals surface area contributed by atoms with Crippen molar-refractivity contribution >= 4 is 5.91 Å². The highest BCUT2D eigenvalue weighted by Crippen LogP contribution is 2.20. The zero-order valence-corrected chi connectivity index (χ0v) is 48.2. The van der Waals surface area contributed by atoms with Crippen molar-refractivity contribution < 1.29 is 20.1 Å². The van der Waals surface area contributed by atoms with Gasteiger partial charge in [0.15, 0.2) is 0 Å². The number of rotatable bonds is 62. The zero-order chi connectivity index (χ0) is 50.7. The van der Waals surface area contributed by atoms with E-state index in [0.717, 1.165) is 25.7 Å². The minimum atomic E-state index is -0.746. The second kappa shape index (κ2) is 60.9. The van der Waals surface area contributed by atoms with Gasteiger partial charge in [-0.3, -0.25) is 4.79 Å². The van der Waals surface area contributed by atoms with E-state index in [2.05, 4.69) is 19.2 Å². The normalized spacial score (nSPS) is 13.0. The van der Waals surface area contributed by atoms with Crippen molar-refractivity contribution in [3.63, 3.8) is 0 Å². The smallest absolute Gasteiger partial charge is 0.222 e. The molecule has 0 aromatic rings. The maximum absolute atomic E-state index is 12.6. The lowest BCUT2D eigenvalue weighted by Crippen LogP contribution is -2.46. The molecular formula is C65H131NO4. The number of aliphatic hydroxyl groups excluding tert-OH is 3. The summed E-state index contributed by atoms with van der Waals surface area (Å²) in [5.41, 5.74) is 0. The number of unbranched alkanes of at least 4 members (excludes halogenated alkanes) is 53. The van der Waals surface area contributed by atoms with Crippen LogP contribution in [0.4, 0.5) is 0 Å². The second-order valence-electron chi connectivity index (χ2n) is 23.1. The topological polar surface area (TPSA) is 89.8 Å². The fraction of sp³-hybridized carbons (Fsp3) is 0.985. The van der Waals surface area contributed by atoms with Crippen molar-refractivity contribution in [3.8, 4) is 0 Å². The van der Waals surface area contributed by atoms with E-state index in [1.165, 1.54) is 327 Å². The first-order valence-corrected chi connectivity index (χ1v) is 32.8. The predicted octanol–water partition coefficient (Wildman–Crippen LogP) is 20.9. The van der Waals surface area contributed by atoms with Gasteiger partial charge in [-0.15, -0.1) is 0 Å². The molecule has 0 radical (unpaired) electrons. The Morgan fingerprint density at radius 3 is 0.686 bits per heavy atom. The van der Waals surface area contributed by atoms with E-state index in [1.807, 2.05) is 0 Å². The Hall–Kier alpha value is -0.650. The summed E-state index contributed by atoms with van der Waals surface area (Å²) in [4.78, 5) is 12.6. The van der Waals surface area contributed by atoms with Crippen LogP contribution in [0.15, 0.2) is 0 Å². The molecule has 4 N–H and O–H groups in total. The molecule has 5 nitrogen and oxygen atoms in total. The molecule has 0 fully saturated rings. The third kappa shape index (κ3) is 56.6. The Balaban J connectivity index is 3.43. The van der Waals surface area contributed by atoms with Gasteiger partial charge in [-0.2, -0.15) is 0 Å². The molecule has 0 aliphatic rings. The number of carbonyl (C=O) groups excluding carboxylic acids is 1. The first kappa shape index (κ1) is 69.3. The lowest BCUT2D eigenvalue weighted by molar-refractivity contribution is -0.125. The minimum Gasteiger partial charge on any atom is -0.394 e. The molecule has 0 aromatic heterocycles. The third-order valence-electron chi connectivity index (χ3n) is 15.9. The highest BCUT2D eigenvalue weighted by molar-refractivity contribution is 5.76. The van der Waals surface area contributed by atoms with E-state index in [4.69, 9.17) is 0 Å².